The first-order valence-corrected chi connectivity index (χ1v) is 3.86. The molecule has 12 heavy (non-hydrogen) atoms. The largest absolute Gasteiger partial charge is 0.343 e. The standard InChI is InChI=1S/C7H9N3O2/c11-6-4-1-2-8-7(12)5(4)9-3-10-6/h2,4-5,9H,1,3H2,(H,10,11). The Kier molecular flexibility index (Phi) is 1.65. The molecule has 2 unspecified atom stereocenters. The van der Waals surface area contributed by atoms with E-state index in [0.29, 0.717) is 13.1 Å². The zero-order chi connectivity index (χ0) is 8.55. The molecular weight excluding hydrogens is 158 g/mol. The summed E-state index contributed by atoms with van der Waals surface area (Å²) in [6, 6.07) is -0.399. The van der Waals surface area contributed by atoms with Gasteiger partial charge >= 0.3 is 0 Å². The number of fused-ring (bicyclic) bond motifs is 1. The number of nitrogens with one attached hydrogen (secondary N) is 2. The number of aliphatic imine (C=N–C) groups is 1. The van der Waals surface area contributed by atoms with Crippen LogP contribution in [0, 0.1) is 5.92 Å². The second-order valence-electron chi connectivity index (χ2n) is 2.89. The Morgan fingerprint density at radius 1 is 1.50 bits per heavy atom. The predicted octanol–water partition coefficient (Wildman–Crippen LogP) is -1.35. The van der Waals surface area contributed by atoms with Gasteiger partial charge in [-0.05, 0) is 6.42 Å². The van der Waals surface area contributed by atoms with Crippen LogP contribution in [0.1, 0.15) is 6.42 Å². The molecule has 2 heterocycles. The van der Waals surface area contributed by atoms with Gasteiger partial charge in [0.25, 0.3) is 5.91 Å². The molecule has 2 aliphatic rings. The third-order valence-electron chi connectivity index (χ3n) is 2.17. The Morgan fingerprint density at radius 3 is 3.08 bits per heavy atom. The van der Waals surface area contributed by atoms with Crippen molar-refractivity contribution >= 4 is 18.0 Å². The molecule has 1 fully saturated rings. The number of nitrogens with zero attached hydrogens (tertiary/aromatic N) is 1. The Labute approximate surface area is 69.2 Å². The fraction of sp³-hybridized carbons (Fsp3) is 0.571. The number of carbonyl (C=O) groups is 2. The first kappa shape index (κ1) is 7.42. The molecule has 2 N–H and O–H groups in total. The van der Waals surface area contributed by atoms with Crippen LogP contribution in [-0.2, 0) is 9.59 Å². The van der Waals surface area contributed by atoms with Crippen LogP contribution in [0.3, 0.4) is 0 Å². The SMILES string of the molecule is O=C1NCNC2C(=O)N=CCC12. The van der Waals surface area contributed by atoms with Gasteiger partial charge in [0.1, 0.15) is 6.04 Å². The van der Waals surface area contributed by atoms with E-state index >= 15 is 0 Å². The molecule has 0 aliphatic carbocycles. The minimum absolute atomic E-state index is 0.0572. The molecule has 64 valence electrons. The summed E-state index contributed by atoms with van der Waals surface area (Å²) in [6.07, 6.45) is 2.06. The number of hydrogen-bond donors (Lipinski definition) is 2. The Bertz CT molecular complexity index is 261. The molecule has 2 atom stereocenters. The minimum Gasteiger partial charge on any atom is -0.343 e. The van der Waals surface area contributed by atoms with Gasteiger partial charge in [0, 0.05) is 6.21 Å². The molecule has 5 heteroatoms. The number of amides is 2. The van der Waals surface area contributed by atoms with Crippen LogP contribution in [-0.4, -0.2) is 30.7 Å². The summed E-state index contributed by atoms with van der Waals surface area (Å²) in [6.45, 7) is 0.362. The van der Waals surface area contributed by atoms with Crippen molar-refractivity contribution in [2.75, 3.05) is 6.67 Å². The molecule has 0 bridgehead atoms. The maximum absolute atomic E-state index is 11.2. The van der Waals surface area contributed by atoms with Crippen molar-refractivity contribution in [3.8, 4) is 0 Å². The predicted molar refractivity (Wildman–Crippen MR) is 41.5 cm³/mol. The van der Waals surface area contributed by atoms with Gasteiger partial charge in [-0.1, -0.05) is 0 Å². The maximum atomic E-state index is 11.2. The van der Waals surface area contributed by atoms with Gasteiger partial charge in [-0.2, -0.15) is 0 Å². The first-order chi connectivity index (χ1) is 5.79. The van der Waals surface area contributed by atoms with Crippen LogP contribution in [0.15, 0.2) is 4.99 Å². The van der Waals surface area contributed by atoms with Crippen molar-refractivity contribution in [1.82, 2.24) is 10.6 Å². The smallest absolute Gasteiger partial charge is 0.263 e. The third-order valence-corrected chi connectivity index (χ3v) is 2.17. The lowest BCUT2D eigenvalue weighted by Gasteiger charge is -2.30. The molecular formula is C7H9N3O2. The average Bonchev–Trinajstić information content (AvgIpc) is 2.07. The number of carbonyl (C=O) groups excluding carboxylic acids is 2. The summed E-state index contributed by atoms with van der Waals surface area (Å²) >= 11 is 0. The molecule has 2 amide bonds. The van der Waals surface area contributed by atoms with Crippen molar-refractivity contribution in [3.63, 3.8) is 0 Å². The summed E-state index contributed by atoms with van der Waals surface area (Å²) in [4.78, 5) is 26.0. The van der Waals surface area contributed by atoms with Gasteiger partial charge in [0.15, 0.2) is 0 Å². The van der Waals surface area contributed by atoms with Crippen LogP contribution in [0.4, 0.5) is 0 Å². The van der Waals surface area contributed by atoms with Crippen molar-refractivity contribution in [1.29, 1.82) is 0 Å². The highest BCUT2D eigenvalue weighted by atomic mass is 16.2. The van der Waals surface area contributed by atoms with E-state index in [4.69, 9.17) is 0 Å². The van der Waals surface area contributed by atoms with Crippen LogP contribution >= 0.6 is 0 Å². The molecule has 0 aromatic carbocycles. The highest BCUT2D eigenvalue weighted by Gasteiger charge is 2.37. The molecule has 2 rings (SSSR count). The fourth-order valence-electron chi connectivity index (χ4n) is 1.51. The summed E-state index contributed by atoms with van der Waals surface area (Å²) in [5.41, 5.74) is 0. The van der Waals surface area contributed by atoms with Gasteiger partial charge < -0.3 is 5.32 Å². The second-order valence-corrected chi connectivity index (χ2v) is 2.89. The molecule has 5 nitrogen and oxygen atoms in total. The first-order valence-electron chi connectivity index (χ1n) is 3.86. The average molecular weight is 167 g/mol. The van der Waals surface area contributed by atoms with Gasteiger partial charge in [0.05, 0.1) is 12.6 Å². The van der Waals surface area contributed by atoms with E-state index in [1.165, 1.54) is 6.21 Å². The monoisotopic (exact) mass is 167 g/mol. The van der Waals surface area contributed by atoms with Crippen LogP contribution < -0.4 is 10.6 Å². The lowest BCUT2D eigenvalue weighted by Crippen LogP contribution is -2.58. The molecule has 0 aromatic rings. The van der Waals surface area contributed by atoms with Gasteiger partial charge in [-0.25, -0.2) is 4.99 Å². The van der Waals surface area contributed by atoms with Gasteiger partial charge in [-0.3, -0.25) is 14.9 Å². The van der Waals surface area contributed by atoms with Crippen molar-refractivity contribution in [2.45, 2.75) is 12.5 Å². The molecule has 2 aliphatic heterocycles. The minimum atomic E-state index is -0.399. The van der Waals surface area contributed by atoms with Crippen molar-refractivity contribution in [2.24, 2.45) is 10.9 Å². The third kappa shape index (κ3) is 1.02. The van der Waals surface area contributed by atoms with E-state index in [1.54, 1.807) is 0 Å². The van der Waals surface area contributed by atoms with Crippen molar-refractivity contribution < 1.29 is 9.59 Å². The fourth-order valence-corrected chi connectivity index (χ4v) is 1.51. The number of rotatable bonds is 0. The van der Waals surface area contributed by atoms with E-state index in [1.807, 2.05) is 0 Å². The highest BCUT2D eigenvalue weighted by molar-refractivity contribution is 5.98. The van der Waals surface area contributed by atoms with E-state index in [0.717, 1.165) is 0 Å². The van der Waals surface area contributed by atoms with E-state index < -0.39 is 6.04 Å². The molecule has 0 radical (unpaired) electrons. The lowest BCUT2D eigenvalue weighted by atomic mass is 9.91. The van der Waals surface area contributed by atoms with E-state index in [-0.39, 0.29) is 17.7 Å². The highest BCUT2D eigenvalue weighted by Crippen LogP contribution is 2.16. The molecule has 0 spiro atoms. The summed E-state index contributed by atoms with van der Waals surface area (Å²) in [5.74, 6) is -0.553. The number of hydrogen-bond acceptors (Lipinski definition) is 3. The Balaban J connectivity index is 2.24. The quantitative estimate of drug-likeness (QED) is 0.468. The lowest BCUT2D eigenvalue weighted by molar-refractivity contribution is -0.134. The maximum Gasteiger partial charge on any atom is 0.263 e. The Morgan fingerprint density at radius 2 is 2.33 bits per heavy atom. The topological polar surface area (TPSA) is 70.6 Å². The molecule has 0 aromatic heterocycles. The van der Waals surface area contributed by atoms with Crippen LogP contribution in [0.25, 0.3) is 0 Å². The van der Waals surface area contributed by atoms with E-state index in [9.17, 15) is 9.59 Å². The van der Waals surface area contributed by atoms with Crippen LogP contribution in [0.2, 0.25) is 0 Å². The van der Waals surface area contributed by atoms with Crippen molar-refractivity contribution in [3.05, 3.63) is 0 Å². The molecule has 1 saturated heterocycles. The van der Waals surface area contributed by atoms with Crippen LogP contribution in [0.5, 0.6) is 0 Å². The zero-order valence-corrected chi connectivity index (χ0v) is 6.41. The van der Waals surface area contributed by atoms with Gasteiger partial charge in [-0.15, -0.1) is 0 Å². The summed E-state index contributed by atoms with van der Waals surface area (Å²) < 4.78 is 0. The zero-order valence-electron chi connectivity index (χ0n) is 6.41. The summed E-state index contributed by atoms with van der Waals surface area (Å²) in [7, 11) is 0. The van der Waals surface area contributed by atoms with E-state index in [2.05, 4.69) is 15.6 Å². The summed E-state index contributed by atoms with van der Waals surface area (Å²) in [5, 5.41) is 5.54. The second kappa shape index (κ2) is 2.67. The molecule has 0 saturated carbocycles. The van der Waals surface area contributed by atoms with Gasteiger partial charge in [0.2, 0.25) is 5.91 Å². The normalized spacial score (nSPS) is 34.3. The Hall–Kier alpha value is -1.23.